The van der Waals surface area contributed by atoms with Crippen LogP contribution in [0.5, 0.6) is 0 Å². The van der Waals surface area contributed by atoms with Gasteiger partial charge in [-0.05, 0) is 24.6 Å². The molecule has 0 radical (unpaired) electrons. The molecule has 1 aliphatic heterocycles. The highest BCUT2D eigenvalue weighted by Crippen LogP contribution is 2.28. The van der Waals surface area contributed by atoms with Crippen molar-refractivity contribution >= 4 is 29.2 Å². The van der Waals surface area contributed by atoms with Gasteiger partial charge in [0.1, 0.15) is 12.4 Å². The van der Waals surface area contributed by atoms with Gasteiger partial charge in [-0.25, -0.2) is 4.68 Å². The molecule has 7 heteroatoms. The highest BCUT2D eigenvalue weighted by atomic mass is 35.5. The number of halogens is 1. The van der Waals surface area contributed by atoms with Crippen LogP contribution in [0.1, 0.15) is 17.5 Å². The zero-order chi connectivity index (χ0) is 20.4. The predicted octanol–water partition coefficient (Wildman–Crippen LogP) is 3.57. The molecular weight excluding hydrogens is 388 g/mol. The summed E-state index contributed by atoms with van der Waals surface area (Å²) < 4.78 is 1.78. The van der Waals surface area contributed by atoms with E-state index in [4.69, 9.17) is 11.6 Å². The van der Waals surface area contributed by atoms with Gasteiger partial charge < -0.3 is 5.32 Å². The van der Waals surface area contributed by atoms with Crippen molar-refractivity contribution in [3.63, 3.8) is 0 Å². The van der Waals surface area contributed by atoms with Crippen LogP contribution in [0.4, 0.5) is 5.82 Å². The van der Waals surface area contributed by atoms with E-state index >= 15 is 0 Å². The minimum Gasteiger partial charge on any atom is -0.350 e. The van der Waals surface area contributed by atoms with Crippen LogP contribution >= 0.6 is 11.6 Å². The summed E-state index contributed by atoms with van der Waals surface area (Å²) in [5.41, 5.74) is 3.84. The number of aryl methyl sites for hydroxylation is 2. The summed E-state index contributed by atoms with van der Waals surface area (Å²) in [5.74, 6) is 0.351. The lowest BCUT2D eigenvalue weighted by molar-refractivity contribution is -0.124. The summed E-state index contributed by atoms with van der Waals surface area (Å²) in [6, 6.07) is 17.2. The van der Waals surface area contributed by atoms with Crippen molar-refractivity contribution in [1.82, 2.24) is 15.1 Å². The maximum absolute atomic E-state index is 12.5. The lowest BCUT2D eigenvalue weighted by Crippen LogP contribution is -2.44. The first-order chi connectivity index (χ1) is 14.0. The quantitative estimate of drug-likeness (QED) is 0.701. The Morgan fingerprint density at radius 2 is 1.86 bits per heavy atom. The summed E-state index contributed by atoms with van der Waals surface area (Å²) in [7, 11) is 0. The molecule has 4 rings (SSSR count). The third-order valence-electron chi connectivity index (χ3n) is 4.93. The second-order valence-corrected chi connectivity index (χ2v) is 7.55. The second kappa shape index (κ2) is 8.09. The fourth-order valence-corrected chi connectivity index (χ4v) is 3.42. The Kier molecular flexibility index (Phi) is 5.36. The van der Waals surface area contributed by atoms with Gasteiger partial charge in [-0.15, -0.1) is 0 Å². The summed E-state index contributed by atoms with van der Waals surface area (Å²) in [4.78, 5) is 26.5. The van der Waals surface area contributed by atoms with Gasteiger partial charge in [0.15, 0.2) is 0 Å². The van der Waals surface area contributed by atoms with Crippen molar-refractivity contribution in [3.8, 4) is 11.3 Å². The summed E-state index contributed by atoms with van der Waals surface area (Å²) in [6.45, 7) is 2.92. The first-order valence-electron chi connectivity index (χ1n) is 9.46. The number of nitrogens with zero attached hydrogens (tertiary/aromatic N) is 3. The van der Waals surface area contributed by atoms with Crippen LogP contribution in [0.3, 0.4) is 0 Å². The van der Waals surface area contributed by atoms with E-state index in [0.29, 0.717) is 30.4 Å². The average Bonchev–Trinajstić information content (AvgIpc) is 3.15. The Morgan fingerprint density at radius 3 is 2.59 bits per heavy atom. The van der Waals surface area contributed by atoms with Crippen LogP contribution in [0.15, 0.2) is 54.6 Å². The van der Waals surface area contributed by atoms with Gasteiger partial charge in [-0.1, -0.05) is 53.6 Å². The lowest BCUT2D eigenvalue weighted by atomic mass is 10.1. The fourth-order valence-electron chi connectivity index (χ4n) is 3.29. The van der Waals surface area contributed by atoms with E-state index in [2.05, 4.69) is 10.4 Å². The average molecular weight is 409 g/mol. The first-order valence-corrected chi connectivity index (χ1v) is 9.84. The third kappa shape index (κ3) is 4.32. The molecule has 6 nitrogen and oxygen atoms in total. The van der Waals surface area contributed by atoms with E-state index in [1.165, 1.54) is 10.5 Å². The van der Waals surface area contributed by atoms with Crippen LogP contribution in [0.25, 0.3) is 11.3 Å². The van der Waals surface area contributed by atoms with Crippen molar-refractivity contribution in [2.45, 2.75) is 26.4 Å². The normalized spacial score (nSPS) is 13.3. The number of benzene rings is 2. The molecule has 0 atom stereocenters. The van der Waals surface area contributed by atoms with Crippen molar-refractivity contribution in [2.75, 3.05) is 11.4 Å². The molecule has 1 N–H and O–H groups in total. The SMILES string of the molecule is Cc1ccc(CNC(=O)CN2C(=O)CCn3nc(-c4ccc(Cl)cc4)cc32)cc1. The number of carbonyl (C=O) groups excluding carboxylic acids is 2. The van der Waals surface area contributed by atoms with E-state index in [9.17, 15) is 9.59 Å². The number of anilines is 1. The summed E-state index contributed by atoms with van der Waals surface area (Å²) >= 11 is 5.96. The Hall–Kier alpha value is -3.12. The minimum absolute atomic E-state index is 0.0313. The lowest BCUT2D eigenvalue weighted by Gasteiger charge is -2.26. The molecule has 0 fully saturated rings. The summed E-state index contributed by atoms with van der Waals surface area (Å²) in [6.07, 6.45) is 0.319. The topological polar surface area (TPSA) is 67.2 Å². The van der Waals surface area contributed by atoms with Gasteiger partial charge in [0.25, 0.3) is 0 Å². The third-order valence-corrected chi connectivity index (χ3v) is 5.18. The number of rotatable bonds is 5. The van der Waals surface area contributed by atoms with E-state index in [0.717, 1.165) is 16.8 Å². The van der Waals surface area contributed by atoms with Gasteiger partial charge in [0.2, 0.25) is 11.8 Å². The molecule has 0 saturated heterocycles. The van der Waals surface area contributed by atoms with Crippen LogP contribution in [0.2, 0.25) is 5.02 Å². The Morgan fingerprint density at radius 1 is 1.14 bits per heavy atom. The first kappa shape index (κ1) is 19.2. The van der Waals surface area contributed by atoms with E-state index in [1.54, 1.807) is 16.8 Å². The molecule has 0 spiro atoms. The van der Waals surface area contributed by atoms with Crippen molar-refractivity contribution < 1.29 is 9.59 Å². The molecule has 0 saturated carbocycles. The van der Waals surface area contributed by atoms with Crippen molar-refractivity contribution in [3.05, 3.63) is 70.7 Å². The molecular formula is C22H21ClN4O2. The molecule has 2 amide bonds. The van der Waals surface area contributed by atoms with Crippen molar-refractivity contribution in [2.24, 2.45) is 0 Å². The zero-order valence-corrected chi connectivity index (χ0v) is 16.8. The number of fused-ring (bicyclic) bond motifs is 1. The smallest absolute Gasteiger partial charge is 0.240 e. The molecule has 2 aromatic carbocycles. The number of hydrogen-bond acceptors (Lipinski definition) is 3. The zero-order valence-electron chi connectivity index (χ0n) is 16.1. The number of carbonyl (C=O) groups is 2. The van der Waals surface area contributed by atoms with Gasteiger partial charge in [0.05, 0.1) is 12.2 Å². The minimum atomic E-state index is -0.207. The molecule has 0 unspecified atom stereocenters. The maximum Gasteiger partial charge on any atom is 0.240 e. The fraction of sp³-hybridized carbons (Fsp3) is 0.227. The van der Waals surface area contributed by atoms with Gasteiger partial charge in [0, 0.05) is 29.6 Å². The molecule has 29 heavy (non-hydrogen) atoms. The Balaban J connectivity index is 1.48. The van der Waals surface area contributed by atoms with Gasteiger partial charge in [-0.2, -0.15) is 5.10 Å². The van der Waals surface area contributed by atoms with Crippen LogP contribution in [0, 0.1) is 6.92 Å². The molecule has 0 aliphatic carbocycles. The van der Waals surface area contributed by atoms with E-state index in [-0.39, 0.29) is 18.4 Å². The van der Waals surface area contributed by atoms with Crippen LogP contribution < -0.4 is 10.2 Å². The molecule has 148 valence electrons. The van der Waals surface area contributed by atoms with E-state index in [1.807, 2.05) is 49.4 Å². The molecule has 1 aromatic heterocycles. The number of nitrogens with one attached hydrogen (secondary N) is 1. The molecule has 1 aliphatic rings. The molecule has 0 bridgehead atoms. The molecule has 3 aromatic rings. The van der Waals surface area contributed by atoms with Crippen LogP contribution in [-0.2, 0) is 22.7 Å². The molecule has 2 heterocycles. The maximum atomic E-state index is 12.5. The van der Waals surface area contributed by atoms with Gasteiger partial charge >= 0.3 is 0 Å². The highest BCUT2D eigenvalue weighted by molar-refractivity contribution is 6.30. The largest absolute Gasteiger partial charge is 0.350 e. The van der Waals surface area contributed by atoms with Gasteiger partial charge in [-0.3, -0.25) is 14.5 Å². The summed E-state index contributed by atoms with van der Waals surface area (Å²) in [5, 5.41) is 8.13. The number of hydrogen-bond donors (Lipinski definition) is 1. The van der Waals surface area contributed by atoms with E-state index < -0.39 is 0 Å². The van der Waals surface area contributed by atoms with Crippen LogP contribution in [-0.4, -0.2) is 28.1 Å². The number of aromatic nitrogens is 2. The number of amides is 2. The predicted molar refractivity (Wildman–Crippen MR) is 113 cm³/mol. The Bertz CT molecular complexity index is 1040. The Labute approximate surface area is 174 Å². The van der Waals surface area contributed by atoms with Crippen molar-refractivity contribution in [1.29, 1.82) is 0 Å². The monoisotopic (exact) mass is 408 g/mol. The highest BCUT2D eigenvalue weighted by Gasteiger charge is 2.28. The standard InChI is InChI=1S/C22H21ClN4O2/c1-15-2-4-16(5-3-15)13-24-20(28)14-26-21-12-19(17-6-8-18(23)9-7-17)25-27(21)11-10-22(26)29/h2-9,12H,10-11,13-14H2,1H3,(H,24,28). The second-order valence-electron chi connectivity index (χ2n) is 7.11.